The number of hydrogen-bond donors (Lipinski definition) is 0. The van der Waals surface area contributed by atoms with E-state index in [1.807, 2.05) is 24.4 Å². The Morgan fingerprint density at radius 2 is 1.41 bits per heavy atom. The Morgan fingerprint density at radius 3 is 2.16 bits per heavy atom. The first-order chi connectivity index (χ1) is 31.4. The standard InChI is InChI=1S/C57H51N4O.Pt/c1-35-14-16-42(17-15-35)57(44-25-39-24-40(27-44)28-45(57)26-39)43-20-21-58-55(31-43)61-51-11-7-6-10-49(51)50-19-18-47(33-54(50)61)62-48-30-41(56-37(3)22-36(2)23-38(56)4)29-46(32-48)60-34-59(5)52-12-8-9-13-53(52)60;/h6-23,29-31,34,39-40,44-45H,24-28H2,1-5H3;/q-3;/i1D3;. The molecule has 0 atom stereocenters. The van der Waals surface area contributed by atoms with Gasteiger partial charge in [0.1, 0.15) is 5.82 Å². The molecule has 13 rings (SSSR count). The normalized spacial score (nSPS) is 23.1. The predicted octanol–water partition coefficient (Wildman–Crippen LogP) is 13.9. The van der Waals surface area contributed by atoms with E-state index in [-0.39, 0.29) is 26.5 Å². The van der Waals surface area contributed by atoms with E-state index in [0.29, 0.717) is 28.9 Å². The maximum Gasteiger partial charge on any atom is 0.135 e. The second-order valence-corrected chi connectivity index (χ2v) is 18.7. The monoisotopic (exact) mass is 1010 g/mol. The van der Waals surface area contributed by atoms with Crippen molar-refractivity contribution in [2.75, 3.05) is 16.8 Å². The second-order valence-electron chi connectivity index (χ2n) is 18.7. The van der Waals surface area contributed by atoms with Gasteiger partial charge in [-0.2, -0.15) is 12.7 Å². The molecule has 0 amide bonds. The summed E-state index contributed by atoms with van der Waals surface area (Å²) >= 11 is 0. The van der Waals surface area contributed by atoms with Crippen LogP contribution < -0.4 is 14.5 Å². The third-order valence-electron chi connectivity index (χ3n) is 14.9. The number of rotatable bonds is 7. The number of ether oxygens (including phenoxy) is 1. The number of aryl methyl sites for hydroxylation is 4. The molecule has 4 aliphatic carbocycles. The van der Waals surface area contributed by atoms with Crippen LogP contribution in [0.4, 0.5) is 17.1 Å². The Hall–Kier alpha value is -5.64. The zero-order chi connectivity index (χ0) is 44.4. The summed E-state index contributed by atoms with van der Waals surface area (Å²) in [5.74, 6) is 4.52. The zero-order valence-electron chi connectivity index (χ0n) is 39.1. The average Bonchev–Trinajstić information content (AvgIpc) is 3.80. The molecule has 5 aliphatic rings. The summed E-state index contributed by atoms with van der Waals surface area (Å²) in [6.07, 6.45) is 8.15. The third-order valence-corrected chi connectivity index (χ3v) is 14.9. The summed E-state index contributed by atoms with van der Waals surface area (Å²) in [5, 5.41) is 2.19. The van der Waals surface area contributed by atoms with E-state index in [1.165, 1.54) is 65.5 Å². The van der Waals surface area contributed by atoms with Crippen LogP contribution in [0.25, 0.3) is 38.8 Å². The molecule has 4 fully saturated rings. The topological polar surface area (TPSA) is 33.5 Å². The molecule has 318 valence electrons. The van der Waals surface area contributed by atoms with Crippen LogP contribution in [0, 0.1) is 70.1 Å². The molecule has 8 aromatic rings. The summed E-state index contributed by atoms with van der Waals surface area (Å²) in [7, 11) is 2.07. The smallest absolute Gasteiger partial charge is 0.135 e. The van der Waals surface area contributed by atoms with Crippen LogP contribution in [0.1, 0.15) is 69.6 Å². The van der Waals surface area contributed by atoms with Gasteiger partial charge in [0.15, 0.2) is 0 Å². The number of nitrogens with zero attached hydrogens (tertiary/aromatic N) is 4. The van der Waals surface area contributed by atoms with Gasteiger partial charge in [-0.25, -0.2) is 4.98 Å². The van der Waals surface area contributed by atoms with Gasteiger partial charge >= 0.3 is 0 Å². The molecule has 6 heteroatoms. The summed E-state index contributed by atoms with van der Waals surface area (Å²) < 4.78 is 33.5. The fraction of sp³-hybridized carbons (Fsp3) is 0.263. The molecule has 63 heavy (non-hydrogen) atoms. The fourth-order valence-corrected chi connectivity index (χ4v) is 12.8. The molecule has 0 unspecified atom stereocenters. The van der Waals surface area contributed by atoms with Crippen molar-refractivity contribution < 1.29 is 29.9 Å². The van der Waals surface area contributed by atoms with Gasteiger partial charge in [-0.1, -0.05) is 83.4 Å². The van der Waals surface area contributed by atoms with Crippen LogP contribution in [0.15, 0.2) is 128 Å². The van der Waals surface area contributed by atoms with Crippen molar-refractivity contribution in [2.24, 2.45) is 23.7 Å². The van der Waals surface area contributed by atoms with Crippen LogP contribution in [-0.2, 0) is 26.5 Å². The third kappa shape index (κ3) is 6.40. The molecular weight excluding hydrogens is 952 g/mol. The Balaban J connectivity index is 0.00000481. The Labute approximate surface area is 390 Å². The van der Waals surface area contributed by atoms with E-state index in [2.05, 4.69) is 164 Å². The largest absolute Gasteiger partial charge is 0.509 e. The molecule has 0 saturated heterocycles. The first kappa shape index (κ1) is 36.8. The van der Waals surface area contributed by atoms with Crippen molar-refractivity contribution in [2.45, 2.75) is 65.1 Å². The molecule has 2 aromatic heterocycles. The maximum atomic E-state index is 8.12. The van der Waals surface area contributed by atoms with Gasteiger partial charge < -0.3 is 19.1 Å². The minimum absolute atomic E-state index is 0. The number of hydrogen-bond acceptors (Lipinski definition) is 4. The molecular formula is C57H51N4OPt-3. The number of anilines is 3. The SMILES string of the molecule is [2H]C([2H])([2H])c1ccc(C2(c3ccnc(-n4c5[c-]c(Oc6[c-]c(N7[CH-]N(C)c8ccccc87)cc(-c7c(C)cc(C)cc7C)c6)ccc5c5ccccc54)c3)C3CC4CC(C3)CC2C4)cc1.[Pt]. The molecule has 0 radical (unpaired) electrons. The Bertz CT molecular complexity index is 3140. The molecule has 3 heterocycles. The van der Waals surface area contributed by atoms with Gasteiger partial charge in [-0.05, 0) is 154 Å². The van der Waals surface area contributed by atoms with Crippen LogP contribution in [0.3, 0.4) is 0 Å². The summed E-state index contributed by atoms with van der Waals surface area (Å²) in [4.78, 5) is 9.46. The molecule has 6 aromatic carbocycles. The number of fused-ring (bicyclic) bond motifs is 4. The predicted molar refractivity (Wildman–Crippen MR) is 253 cm³/mol. The van der Waals surface area contributed by atoms with E-state index >= 15 is 0 Å². The fourth-order valence-electron chi connectivity index (χ4n) is 12.8. The number of pyridine rings is 1. The van der Waals surface area contributed by atoms with Gasteiger partial charge in [-0.15, -0.1) is 47.0 Å². The van der Waals surface area contributed by atoms with Crippen LogP contribution in [0.2, 0.25) is 0 Å². The van der Waals surface area contributed by atoms with E-state index in [9.17, 15) is 0 Å². The quantitative estimate of drug-likeness (QED) is 0.149. The molecule has 4 bridgehead atoms. The summed E-state index contributed by atoms with van der Waals surface area (Å²) in [6.45, 7) is 6.47. The van der Waals surface area contributed by atoms with Gasteiger partial charge in [0.25, 0.3) is 0 Å². The van der Waals surface area contributed by atoms with Crippen LogP contribution in [0.5, 0.6) is 11.5 Å². The Morgan fingerprint density at radius 1 is 0.698 bits per heavy atom. The van der Waals surface area contributed by atoms with Crippen molar-refractivity contribution in [3.63, 3.8) is 0 Å². The van der Waals surface area contributed by atoms with E-state index < -0.39 is 6.85 Å². The maximum absolute atomic E-state index is 8.12. The van der Waals surface area contributed by atoms with E-state index in [4.69, 9.17) is 13.8 Å². The Kier molecular flexibility index (Phi) is 8.92. The summed E-state index contributed by atoms with van der Waals surface area (Å²) in [5.41, 5.74) is 13.6. The number of benzene rings is 6. The number of aromatic nitrogens is 2. The van der Waals surface area contributed by atoms with Crippen molar-refractivity contribution in [3.05, 3.63) is 180 Å². The minimum Gasteiger partial charge on any atom is -0.509 e. The first-order valence-corrected chi connectivity index (χ1v) is 22.3. The van der Waals surface area contributed by atoms with E-state index in [0.717, 1.165) is 62.1 Å². The van der Waals surface area contributed by atoms with Gasteiger partial charge in [-0.3, -0.25) is 0 Å². The summed E-state index contributed by atoms with van der Waals surface area (Å²) in [6, 6.07) is 49.8. The van der Waals surface area contributed by atoms with Gasteiger partial charge in [0.05, 0.1) is 0 Å². The van der Waals surface area contributed by atoms with E-state index in [1.54, 1.807) is 0 Å². The van der Waals surface area contributed by atoms with Crippen molar-refractivity contribution >= 4 is 38.9 Å². The van der Waals surface area contributed by atoms with Crippen molar-refractivity contribution in [3.8, 4) is 28.4 Å². The molecule has 4 saturated carbocycles. The minimum atomic E-state index is -2.15. The van der Waals surface area contributed by atoms with Gasteiger partial charge in [0.2, 0.25) is 0 Å². The molecule has 0 spiro atoms. The zero-order valence-corrected chi connectivity index (χ0v) is 38.3. The van der Waals surface area contributed by atoms with Crippen LogP contribution in [-0.4, -0.2) is 16.6 Å². The second kappa shape index (κ2) is 15.3. The molecule has 5 nitrogen and oxygen atoms in total. The first-order valence-electron chi connectivity index (χ1n) is 23.8. The number of para-hydroxylation sites is 3. The molecule has 0 N–H and O–H groups in total. The van der Waals surface area contributed by atoms with Crippen LogP contribution >= 0.6 is 0 Å². The average molecular weight is 1010 g/mol. The molecule has 1 aliphatic heterocycles. The van der Waals surface area contributed by atoms with Crippen molar-refractivity contribution in [1.29, 1.82) is 0 Å². The van der Waals surface area contributed by atoms with Gasteiger partial charge in [0, 0.05) is 65.2 Å². The van der Waals surface area contributed by atoms with Crippen molar-refractivity contribution in [1.82, 2.24) is 9.55 Å².